The minimum Gasteiger partial charge on any atom is -0.364 e. The predicted molar refractivity (Wildman–Crippen MR) is 100 cm³/mol. The second kappa shape index (κ2) is 7.85. The highest BCUT2D eigenvalue weighted by molar-refractivity contribution is 9.10. The summed E-state index contributed by atoms with van der Waals surface area (Å²) < 4.78 is 0.823. The Morgan fingerprint density at radius 3 is 2.76 bits per heavy atom. The third-order valence-electron chi connectivity index (χ3n) is 3.45. The number of carbonyl (C=O) groups is 1. The Balaban J connectivity index is 1.69. The van der Waals surface area contributed by atoms with Crippen molar-refractivity contribution in [2.24, 2.45) is 0 Å². The lowest BCUT2D eigenvalue weighted by atomic mass is 10.2. The number of benzene rings is 1. The van der Waals surface area contributed by atoms with Gasteiger partial charge in [-0.15, -0.1) is 0 Å². The monoisotopic (exact) mass is 397 g/mol. The number of nitrogens with one attached hydrogen (secondary N) is 2. The van der Waals surface area contributed by atoms with Crippen LogP contribution in [0, 0.1) is 6.92 Å². The SMILES string of the molecule is Cc1ccc(NC(=O)c2cc(NCc3ccccn3)ncn2)c(Br)c1. The fourth-order valence-corrected chi connectivity index (χ4v) is 2.76. The lowest BCUT2D eigenvalue weighted by molar-refractivity contribution is 0.102. The zero-order valence-corrected chi connectivity index (χ0v) is 15.1. The molecule has 0 saturated heterocycles. The molecule has 25 heavy (non-hydrogen) atoms. The van der Waals surface area contributed by atoms with Gasteiger partial charge in [0.15, 0.2) is 0 Å². The van der Waals surface area contributed by atoms with E-state index in [1.165, 1.54) is 6.33 Å². The van der Waals surface area contributed by atoms with Crippen LogP contribution in [0.4, 0.5) is 11.5 Å². The highest BCUT2D eigenvalue weighted by atomic mass is 79.9. The van der Waals surface area contributed by atoms with E-state index in [1.807, 2.05) is 43.3 Å². The van der Waals surface area contributed by atoms with E-state index in [-0.39, 0.29) is 11.6 Å². The Morgan fingerprint density at radius 1 is 1.12 bits per heavy atom. The molecule has 6 nitrogen and oxygen atoms in total. The van der Waals surface area contributed by atoms with Gasteiger partial charge < -0.3 is 10.6 Å². The summed E-state index contributed by atoms with van der Waals surface area (Å²) in [6, 6.07) is 13.0. The topological polar surface area (TPSA) is 79.8 Å². The summed E-state index contributed by atoms with van der Waals surface area (Å²) in [6.45, 7) is 2.50. The zero-order valence-electron chi connectivity index (χ0n) is 13.5. The fraction of sp³-hybridized carbons (Fsp3) is 0.111. The predicted octanol–water partition coefficient (Wildman–Crippen LogP) is 3.81. The minimum absolute atomic E-state index is 0.283. The molecule has 0 atom stereocenters. The zero-order chi connectivity index (χ0) is 17.6. The highest BCUT2D eigenvalue weighted by Crippen LogP contribution is 2.23. The number of hydrogen-bond donors (Lipinski definition) is 2. The highest BCUT2D eigenvalue weighted by Gasteiger charge is 2.11. The third-order valence-corrected chi connectivity index (χ3v) is 4.11. The number of aromatic nitrogens is 3. The first-order valence-electron chi connectivity index (χ1n) is 7.65. The minimum atomic E-state index is -0.298. The number of carbonyl (C=O) groups excluding carboxylic acids is 1. The summed E-state index contributed by atoms with van der Waals surface area (Å²) in [4.78, 5) is 24.8. The smallest absolute Gasteiger partial charge is 0.274 e. The first kappa shape index (κ1) is 17.0. The van der Waals surface area contributed by atoms with E-state index in [9.17, 15) is 4.79 Å². The van der Waals surface area contributed by atoms with Gasteiger partial charge in [-0.2, -0.15) is 0 Å². The summed E-state index contributed by atoms with van der Waals surface area (Å²) in [7, 11) is 0. The van der Waals surface area contributed by atoms with Gasteiger partial charge in [0.05, 0.1) is 17.9 Å². The molecule has 1 aromatic carbocycles. The van der Waals surface area contributed by atoms with Crippen molar-refractivity contribution in [3.8, 4) is 0 Å². The maximum atomic E-state index is 12.4. The Bertz CT molecular complexity index is 886. The normalized spacial score (nSPS) is 10.3. The summed E-state index contributed by atoms with van der Waals surface area (Å²) in [6.07, 6.45) is 3.09. The molecule has 2 heterocycles. The van der Waals surface area contributed by atoms with Crippen molar-refractivity contribution in [2.75, 3.05) is 10.6 Å². The maximum Gasteiger partial charge on any atom is 0.274 e. The molecule has 1 amide bonds. The number of anilines is 2. The molecule has 0 aliphatic carbocycles. The number of hydrogen-bond acceptors (Lipinski definition) is 5. The lowest BCUT2D eigenvalue weighted by Crippen LogP contribution is -2.15. The molecule has 0 fully saturated rings. The quantitative estimate of drug-likeness (QED) is 0.684. The third kappa shape index (κ3) is 4.60. The summed E-state index contributed by atoms with van der Waals surface area (Å²) in [5.74, 6) is 0.265. The van der Waals surface area contributed by atoms with Crippen LogP contribution in [0.25, 0.3) is 0 Å². The maximum absolute atomic E-state index is 12.4. The Morgan fingerprint density at radius 2 is 2.00 bits per heavy atom. The van der Waals surface area contributed by atoms with E-state index in [0.29, 0.717) is 18.1 Å². The Labute approximate surface area is 153 Å². The molecule has 7 heteroatoms. The first-order valence-corrected chi connectivity index (χ1v) is 8.44. The van der Waals surface area contributed by atoms with E-state index in [0.717, 1.165) is 15.7 Å². The summed E-state index contributed by atoms with van der Waals surface area (Å²) >= 11 is 3.45. The number of pyridine rings is 1. The van der Waals surface area contributed by atoms with Gasteiger partial charge in [0.25, 0.3) is 5.91 Å². The molecule has 0 aliphatic heterocycles. The molecule has 0 unspecified atom stereocenters. The largest absolute Gasteiger partial charge is 0.364 e. The molecule has 2 aromatic heterocycles. The molecule has 126 valence electrons. The van der Waals surface area contributed by atoms with Crippen LogP contribution in [0.1, 0.15) is 21.7 Å². The van der Waals surface area contributed by atoms with Crippen LogP contribution < -0.4 is 10.6 Å². The first-order chi connectivity index (χ1) is 12.1. The molecule has 0 bridgehead atoms. The molecular formula is C18H16BrN5O. The van der Waals surface area contributed by atoms with Gasteiger partial charge in [0.1, 0.15) is 17.8 Å². The van der Waals surface area contributed by atoms with Gasteiger partial charge in [-0.05, 0) is 52.7 Å². The van der Waals surface area contributed by atoms with E-state index in [2.05, 4.69) is 41.5 Å². The number of amides is 1. The molecule has 3 rings (SSSR count). The standard InChI is InChI=1S/C18H16BrN5O/c1-12-5-6-15(14(19)8-12)24-18(25)16-9-17(23-11-22-16)21-10-13-4-2-3-7-20-13/h2-9,11H,10H2,1H3,(H,24,25)(H,21,22,23). The van der Waals surface area contributed by atoms with Crippen molar-refractivity contribution in [3.05, 3.63) is 76.4 Å². The van der Waals surface area contributed by atoms with Crippen LogP contribution in [0.3, 0.4) is 0 Å². The van der Waals surface area contributed by atoms with Crippen LogP contribution in [0.15, 0.2) is 59.5 Å². The van der Waals surface area contributed by atoms with Crippen molar-refractivity contribution < 1.29 is 4.79 Å². The number of aryl methyl sites for hydroxylation is 1. The van der Waals surface area contributed by atoms with Crippen molar-refractivity contribution in [1.82, 2.24) is 15.0 Å². The van der Waals surface area contributed by atoms with Gasteiger partial charge in [0, 0.05) is 16.7 Å². The van der Waals surface area contributed by atoms with Gasteiger partial charge in [0.2, 0.25) is 0 Å². The van der Waals surface area contributed by atoms with E-state index in [1.54, 1.807) is 12.3 Å². The van der Waals surface area contributed by atoms with Gasteiger partial charge >= 0.3 is 0 Å². The molecule has 0 radical (unpaired) electrons. The van der Waals surface area contributed by atoms with Gasteiger partial charge in [-0.1, -0.05) is 12.1 Å². The number of halogens is 1. The van der Waals surface area contributed by atoms with Crippen molar-refractivity contribution in [3.63, 3.8) is 0 Å². The van der Waals surface area contributed by atoms with E-state index in [4.69, 9.17) is 0 Å². The van der Waals surface area contributed by atoms with Gasteiger partial charge in [-0.3, -0.25) is 9.78 Å². The molecule has 0 aliphatic rings. The average Bonchev–Trinajstić information content (AvgIpc) is 2.63. The Hall–Kier alpha value is -2.80. The Kier molecular flexibility index (Phi) is 5.35. The van der Waals surface area contributed by atoms with Crippen LogP contribution >= 0.6 is 15.9 Å². The van der Waals surface area contributed by atoms with E-state index >= 15 is 0 Å². The number of rotatable bonds is 5. The second-order valence-corrected chi connectivity index (χ2v) is 6.25. The van der Waals surface area contributed by atoms with Crippen LogP contribution in [-0.2, 0) is 6.54 Å². The molecule has 3 aromatic rings. The molecule has 0 spiro atoms. The summed E-state index contributed by atoms with van der Waals surface area (Å²) in [5.41, 5.74) is 2.96. The lowest BCUT2D eigenvalue weighted by Gasteiger charge is -2.09. The summed E-state index contributed by atoms with van der Waals surface area (Å²) in [5, 5.41) is 5.97. The average molecular weight is 398 g/mol. The fourth-order valence-electron chi connectivity index (χ4n) is 2.17. The van der Waals surface area contributed by atoms with E-state index < -0.39 is 0 Å². The number of nitrogens with zero attached hydrogens (tertiary/aromatic N) is 3. The van der Waals surface area contributed by atoms with Crippen LogP contribution in [0.5, 0.6) is 0 Å². The second-order valence-electron chi connectivity index (χ2n) is 5.40. The molecular weight excluding hydrogens is 382 g/mol. The van der Waals surface area contributed by atoms with Crippen molar-refractivity contribution >= 4 is 33.3 Å². The van der Waals surface area contributed by atoms with Crippen LogP contribution in [0.2, 0.25) is 0 Å². The van der Waals surface area contributed by atoms with Crippen molar-refractivity contribution in [2.45, 2.75) is 13.5 Å². The van der Waals surface area contributed by atoms with Crippen molar-refractivity contribution in [1.29, 1.82) is 0 Å². The van der Waals surface area contributed by atoms with Gasteiger partial charge in [-0.25, -0.2) is 9.97 Å². The van der Waals surface area contributed by atoms with Crippen LogP contribution in [-0.4, -0.2) is 20.9 Å². The molecule has 0 saturated carbocycles. The molecule has 2 N–H and O–H groups in total.